The van der Waals surface area contributed by atoms with Crippen LogP contribution in [0.4, 0.5) is 11.4 Å². The molecule has 1 fully saturated rings. The Morgan fingerprint density at radius 3 is 2.15 bits per heavy atom. The number of likely N-dealkylation sites (N-methyl/N-ethyl adjacent to an activating group) is 1. The number of esters is 1. The molecule has 2 atom stereocenters. The zero-order chi connectivity index (χ0) is 26.6. The van der Waals surface area contributed by atoms with E-state index in [2.05, 4.69) is 60.6 Å². The maximum Gasteiger partial charge on any atom is 0.340 e. The van der Waals surface area contributed by atoms with Crippen molar-refractivity contribution in [3.63, 3.8) is 0 Å². The minimum Gasteiger partial charge on any atom is -0.456 e. The lowest BCUT2D eigenvalue weighted by molar-refractivity contribution is 0.0225. The second-order valence-corrected chi connectivity index (χ2v) is 10.8. The average Bonchev–Trinajstić information content (AvgIpc) is 3.27. The Morgan fingerprint density at radius 1 is 0.821 bits per heavy atom. The summed E-state index contributed by atoms with van der Waals surface area (Å²) in [6.45, 7) is 2.15. The number of anilines is 2. The van der Waals surface area contributed by atoms with Crippen molar-refractivity contribution in [1.29, 1.82) is 0 Å². The molecule has 4 aromatic carbocycles. The van der Waals surface area contributed by atoms with E-state index < -0.39 is 5.60 Å². The summed E-state index contributed by atoms with van der Waals surface area (Å²) >= 11 is 0. The smallest absolute Gasteiger partial charge is 0.340 e. The van der Waals surface area contributed by atoms with Crippen molar-refractivity contribution in [3.8, 4) is 11.5 Å². The molecule has 0 saturated heterocycles. The van der Waals surface area contributed by atoms with E-state index in [0.717, 1.165) is 46.5 Å². The predicted molar refractivity (Wildman–Crippen MR) is 153 cm³/mol. The van der Waals surface area contributed by atoms with Crippen LogP contribution in [-0.4, -0.2) is 25.1 Å². The van der Waals surface area contributed by atoms with Crippen LogP contribution < -0.4 is 15.0 Å². The van der Waals surface area contributed by atoms with Crippen molar-refractivity contribution in [2.45, 2.75) is 50.3 Å². The fraction of sp³-hybridized carbons (Fsp3) is 0.265. The van der Waals surface area contributed by atoms with E-state index in [9.17, 15) is 4.79 Å². The molecule has 1 N–H and O–H groups in total. The summed E-state index contributed by atoms with van der Waals surface area (Å²) in [5.41, 5.74) is 5.37. The lowest BCUT2D eigenvalue weighted by Crippen LogP contribution is -2.50. The van der Waals surface area contributed by atoms with Crippen LogP contribution in [-0.2, 0) is 10.3 Å². The minimum atomic E-state index is -1.12. The Bertz CT molecular complexity index is 1520. The van der Waals surface area contributed by atoms with Crippen molar-refractivity contribution in [1.82, 2.24) is 5.32 Å². The van der Waals surface area contributed by atoms with E-state index in [1.807, 2.05) is 54.6 Å². The van der Waals surface area contributed by atoms with E-state index in [-0.39, 0.29) is 12.0 Å². The van der Waals surface area contributed by atoms with E-state index in [0.29, 0.717) is 23.1 Å². The molecular weight excluding hydrogens is 484 g/mol. The summed E-state index contributed by atoms with van der Waals surface area (Å²) in [6, 6.07) is 31.0. The van der Waals surface area contributed by atoms with E-state index in [1.54, 1.807) is 0 Å². The number of fused-ring (bicyclic) bond motifs is 6. The van der Waals surface area contributed by atoms with Crippen LogP contribution in [0.2, 0.25) is 0 Å². The third-order valence-electron chi connectivity index (χ3n) is 8.66. The van der Waals surface area contributed by atoms with Gasteiger partial charge in [0, 0.05) is 34.5 Å². The fourth-order valence-corrected chi connectivity index (χ4v) is 6.95. The number of hydrogen-bond acceptors (Lipinski definition) is 5. The topological polar surface area (TPSA) is 50.8 Å². The molecule has 3 aliphatic rings. The van der Waals surface area contributed by atoms with Gasteiger partial charge in [-0.1, -0.05) is 73.5 Å². The Balaban J connectivity index is 1.57. The van der Waals surface area contributed by atoms with Gasteiger partial charge in [0.1, 0.15) is 11.5 Å². The van der Waals surface area contributed by atoms with Crippen molar-refractivity contribution >= 4 is 17.3 Å². The number of ether oxygens (including phenoxy) is 2. The molecule has 0 bridgehead atoms. The van der Waals surface area contributed by atoms with Crippen LogP contribution in [0.5, 0.6) is 11.5 Å². The quantitative estimate of drug-likeness (QED) is 0.290. The zero-order valence-corrected chi connectivity index (χ0v) is 22.3. The maximum atomic E-state index is 13.8. The Labute approximate surface area is 229 Å². The number of hydrogen-bond donors (Lipinski definition) is 1. The van der Waals surface area contributed by atoms with Gasteiger partial charge in [0.2, 0.25) is 0 Å². The molecule has 39 heavy (non-hydrogen) atoms. The molecule has 5 nitrogen and oxygen atoms in total. The zero-order valence-electron chi connectivity index (χ0n) is 22.3. The van der Waals surface area contributed by atoms with Gasteiger partial charge in [-0.15, -0.1) is 0 Å². The number of para-hydroxylation sites is 3. The summed E-state index contributed by atoms with van der Waals surface area (Å²) in [5.74, 6) is 1.11. The highest BCUT2D eigenvalue weighted by atomic mass is 16.6. The molecule has 196 valence electrons. The minimum absolute atomic E-state index is 0.217. The van der Waals surface area contributed by atoms with Crippen LogP contribution in [0.15, 0.2) is 91.0 Å². The maximum absolute atomic E-state index is 13.8. The highest BCUT2D eigenvalue weighted by Gasteiger charge is 2.56. The second kappa shape index (κ2) is 9.28. The number of rotatable bonds is 4. The predicted octanol–water partition coefficient (Wildman–Crippen LogP) is 7.23. The highest BCUT2D eigenvalue weighted by molar-refractivity contribution is 6.00. The van der Waals surface area contributed by atoms with E-state index in [4.69, 9.17) is 9.47 Å². The molecular formula is C34H32N2O3. The Morgan fingerprint density at radius 2 is 1.46 bits per heavy atom. The first-order chi connectivity index (χ1) is 19.1. The van der Waals surface area contributed by atoms with Crippen LogP contribution in [0, 0.1) is 6.92 Å². The molecule has 1 aliphatic carbocycles. The summed E-state index contributed by atoms with van der Waals surface area (Å²) in [4.78, 5) is 16.3. The standard InChI is InChI=1S/C34H32N2O3/c1-22-20-21-24-31(32(22)36(23-12-4-3-5-13-23)28-17-9-8-16-27(28)35-2)34(39-33(24)37)25-14-6-10-18-29(25)38-30-19-11-7-15-26(30)34/h3-7,10-15,18-21,27-28,35H,8-9,16-17H2,1-2H3. The number of carbonyl (C=O) groups excluding carboxylic acids is 1. The SMILES string of the molecule is CNC1CCCCC1N(c1ccccc1)c1c(C)ccc2c1C1(OC2=O)c2ccccc2Oc2ccccc21. The third kappa shape index (κ3) is 3.53. The van der Waals surface area contributed by atoms with Gasteiger partial charge in [0.05, 0.1) is 11.3 Å². The Hall–Kier alpha value is -4.09. The van der Waals surface area contributed by atoms with Crippen molar-refractivity contribution in [3.05, 3.63) is 119 Å². The van der Waals surface area contributed by atoms with Gasteiger partial charge in [-0.3, -0.25) is 0 Å². The van der Waals surface area contributed by atoms with Gasteiger partial charge in [-0.25, -0.2) is 4.79 Å². The number of carbonyl (C=O) groups is 1. The van der Waals surface area contributed by atoms with Crippen LogP contribution in [0.3, 0.4) is 0 Å². The van der Waals surface area contributed by atoms with Gasteiger partial charge in [0.25, 0.3) is 0 Å². The van der Waals surface area contributed by atoms with E-state index >= 15 is 0 Å². The Kier molecular flexibility index (Phi) is 5.71. The number of aryl methyl sites for hydroxylation is 1. The molecule has 0 radical (unpaired) electrons. The second-order valence-electron chi connectivity index (χ2n) is 10.8. The van der Waals surface area contributed by atoms with Crippen LogP contribution in [0.1, 0.15) is 58.3 Å². The molecule has 2 unspecified atom stereocenters. The van der Waals surface area contributed by atoms with Crippen LogP contribution in [0.25, 0.3) is 0 Å². The summed E-state index contributed by atoms with van der Waals surface area (Å²) in [6.07, 6.45) is 4.54. The lowest BCUT2D eigenvalue weighted by atomic mass is 9.75. The third-order valence-corrected chi connectivity index (χ3v) is 8.66. The molecule has 2 aliphatic heterocycles. The molecule has 1 saturated carbocycles. The summed E-state index contributed by atoms with van der Waals surface area (Å²) in [5, 5.41) is 3.61. The summed E-state index contributed by atoms with van der Waals surface area (Å²) in [7, 11) is 2.06. The molecule has 5 heteroatoms. The normalized spacial score (nSPS) is 20.4. The van der Waals surface area contributed by atoms with Gasteiger partial charge in [-0.2, -0.15) is 0 Å². The first kappa shape index (κ1) is 24.0. The number of nitrogens with zero attached hydrogens (tertiary/aromatic N) is 1. The average molecular weight is 517 g/mol. The van der Waals surface area contributed by atoms with Gasteiger partial charge >= 0.3 is 5.97 Å². The fourth-order valence-electron chi connectivity index (χ4n) is 6.95. The number of nitrogens with one attached hydrogen (secondary N) is 1. The first-order valence-electron chi connectivity index (χ1n) is 13.9. The monoisotopic (exact) mass is 516 g/mol. The first-order valence-corrected chi connectivity index (χ1v) is 13.9. The molecule has 7 rings (SSSR count). The van der Waals surface area contributed by atoms with Crippen molar-refractivity contribution in [2.24, 2.45) is 0 Å². The molecule has 2 heterocycles. The summed E-state index contributed by atoms with van der Waals surface area (Å²) < 4.78 is 12.9. The van der Waals surface area contributed by atoms with E-state index in [1.165, 1.54) is 12.8 Å². The highest BCUT2D eigenvalue weighted by Crippen LogP contribution is 2.59. The van der Waals surface area contributed by atoms with Crippen molar-refractivity contribution < 1.29 is 14.3 Å². The van der Waals surface area contributed by atoms with Gasteiger partial charge in [-0.05, 0) is 62.7 Å². The lowest BCUT2D eigenvalue weighted by Gasteiger charge is -2.44. The largest absolute Gasteiger partial charge is 0.456 e. The van der Waals surface area contributed by atoms with Gasteiger partial charge in [0.15, 0.2) is 5.60 Å². The van der Waals surface area contributed by atoms with Crippen LogP contribution >= 0.6 is 0 Å². The molecule has 0 amide bonds. The van der Waals surface area contributed by atoms with Crippen molar-refractivity contribution in [2.75, 3.05) is 11.9 Å². The molecule has 0 aromatic heterocycles. The van der Waals surface area contributed by atoms with Gasteiger partial charge < -0.3 is 19.7 Å². The molecule has 1 spiro atoms. The number of benzene rings is 4. The molecule has 4 aromatic rings.